The van der Waals surface area contributed by atoms with Crippen molar-refractivity contribution in [3.8, 4) is 11.5 Å². The number of carbonyl (C=O) groups is 1. The van der Waals surface area contributed by atoms with Crippen molar-refractivity contribution in [2.45, 2.75) is 13.1 Å². The Bertz CT molecular complexity index is 755. The minimum atomic E-state index is -0.459. The van der Waals surface area contributed by atoms with E-state index in [4.69, 9.17) is 21.1 Å². The largest absolute Gasteiger partial charge is 0.496 e. The number of rotatable bonds is 6. The number of amides is 2. The third-order valence-corrected chi connectivity index (χ3v) is 3.90. The molecule has 0 spiro atoms. The van der Waals surface area contributed by atoms with Crippen LogP contribution in [-0.4, -0.2) is 32.2 Å². The molecule has 5 nitrogen and oxygen atoms in total. The second-order valence-corrected chi connectivity index (χ2v) is 5.88. The Balaban J connectivity index is 1.95. The highest BCUT2D eigenvalue weighted by Gasteiger charge is 2.12. The average Bonchev–Trinajstić information content (AvgIpc) is 2.60. The molecule has 2 aromatic carbocycles. The van der Waals surface area contributed by atoms with Gasteiger partial charge in [-0.05, 0) is 29.8 Å². The number of nitrogens with one attached hydrogen (secondary N) is 1. The monoisotopic (exact) mass is 366 g/mol. The summed E-state index contributed by atoms with van der Waals surface area (Å²) >= 11 is 5.92. The average molecular weight is 367 g/mol. The second kappa shape index (κ2) is 8.58. The molecule has 0 saturated heterocycles. The van der Waals surface area contributed by atoms with Crippen molar-refractivity contribution in [3.05, 3.63) is 58.4 Å². The lowest BCUT2D eigenvalue weighted by Crippen LogP contribution is -2.36. The van der Waals surface area contributed by atoms with Crippen molar-refractivity contribution in [2.75, 3.05) is 21.3 Å². The number of nitrogens with zero attached hydrogens (tertiary/aromatic N) is 1. The predicted molar refractivity (Wildman–Crippen MR) is 94.7 cm³/mol. The van der Waals surface area contributed by atoms with E-state index in [1.807, 2.05) is 0 Å². The molecule has 0 unspecified atom stereocenters. The Morgan fingerprint density at radius 3 is 2.52 bits per heavy atom. The van der Waals surface area contributed by atoms with Gasteiger partial charge >= 0.3 is 6.03 Å². The summed E-state index contributed by atoms with van der Waals surface area (Å²) in [6.07, 6.45) is 0. The number of carbonyl (C=O) groups excluding carboxylic acids is 1. The maximum Gasteiger partial charge on any atom is 0.317 e. The Labute approximate surface area is 151 Å². The number of urea groups is 1. The standard InChI is InChI=1S/C18H20ClFN2O3/c1-22(11-12-4-7-16(24-2)15(20)8-12)18(23)21-10-13-5-6-14(19)9-17(13)25-3/h4-9H,10-11H2,1-3H3,(H,21,23). The highest BCUT2D eigenvalue weighted by molar-refractivity contribution is 6.30. The zero-order chi connectivity index (χ0) is 18.4. The molecular formula is C18H20ClFN2O3. The van der Waals surface area contributed by atoms with Gasteiger partial charge in [0.2, 0.25) is 0 Å². The summed E-state index contributed by atoms with van der Waals surface area (Å²) in [5.41, 5.74) is 1.48. The topological polar surface area (TPSA) is 50.8 Å². The summed E-state index contributed by atoms with van der Waals surface area (Å²) in [5.74, 6) is 0.318. The van der Waals surface area contributed by atoms with Crippen LogP contribution in [0.3, 0.4) is 0 Å². The molecular weight excluding hydrogens is 347 g/mol. The first-order valence-electron chi connectivity index (χ1n) is 7.58. The highest BCUT2D eigenvalue weighted by Crippen LogP contribution is 2.23. The fraction of sp³-hybridized carbons (Fsp3) is 0.278. The lowest BCUT2D eigenvalue weighted by Gasteiger charge is -2.19. The molecule has 0 atom stereocenters. The SMILES string of the molecule is COc1ccc(CN(C)C(=O)NCc2ccc(Cl)cc2OC)cc1F. The Hall–Kier alpha value is -2.47. The molecule has 0 aliphatic rings. The van der Waals surface area contributed by atoms with Gasteiger partial charge in [-0.25, -0.2) is 9.18 Å². The van der Waals surface area contributed by atoms with Crippen LogP contribution in [0.15, 0.2) is 36.4 Å². The van der Waals surface area contributed by atoms with E-state index >= 15 is 0 Å². The molecule has 0 aromatic heterocycles. The van der Waals surface area contributed by atoms with E-state index in [2.05, 4.69) is 5.32 Å². The van der Waals surface area contributed by atoms with Crippen molar-refractivity contribution in [1.82, 2.24) is 10.2 Å². The Morgan fingerprint density at radius 2 is 1.88 bits per heavy atom. The summed E-state index contributed by atoms with van der Waals surface area (Å²) in [6, 6.07) is 9.53. The van der Waals surface area contributed by atoms with Gasteiger partial charge in [-0.1, -0.05) is 23.7 Å². The molecule has 7 heteroatoms. The molecule has 2 aromatic rings. The van der Waals surface area contributed by atoms with Crippen molar-refractivity contribution < 1.29 is 18.7 Å². The van der Waals surface area contributed by atoms with Crippen molar-refractivity contribution in [2.24, 2.45) is 0 Å². The maximum absolute atomic E-state index is 13.7. The molecule has 0 heterocycles. The minimum absolute atomic E-state index is 0.172. The summed E-state index contributed by atoms with van der Waals surface area (Å²) in [5, 5.41) is 3.36. The van der Waals surface area contributed by atoms with Crippen LogP contribution in [0.4, 0.5) is 9.18 Å². The minimum Gasteiger partial charge on any atom is -0.496 e. The fourth-order valence-electron chi connectivity index (χ4n) is 2.32. The van der Waals surface area contributed by atoms with Crippen LogP contribution < -0.4 is 14.8 Å². The molecule has 25 heavy (non-hydrogen) atoms. The lowest BCUT2D eigenvalue weighted by molar-refractivity contribution is 0.206. The first kappa shape index (κ1) is 18.9. The van der Waals surface area contributed by atoms with E-state index < -0.39 is 5.82 Å². The zero-order valence-electron chi connectivity index (χ0n) is 14.3. The summed E-state index contributed by atoms with van der Waals surface area (Å²) in [7, 11) is 4.58. The molecule has 0 aliphatic heterocycles. The first-order chi connectivity index (χ1) is 11.9. The van der Waals surface area contributed by atoms with Crippen molar-refractivity contribution in [3.63, 3.8) is 0 Å². The summed E-state index contributed by atoms with van der Waals surface area (Å²) in [4.78, 5) is 13.7. The number of methoxy groups -OCH3 is 2. The summed E-state index contributed by atoms with van der Waals surface area (Å²) in [6.45, 7) is 0.561. The highest BCUT2D eigenvalue weighted by atomic mass is 35.5. The van der Waals surface area contributed by atoms with Gasteiger partial charge in [0.15, 0.2) is 11.6 Å². The third kappa shape index (κ3) is 5.00. The Kier molecular flexibility index (Phi) is 6.47. The first-order valence-corrected chi connectivity index (χ1v) is 7.96. The van der Waals surface area contributed by atoms with Gasteiger partial charge in [0, 0.05) is 30.7 Å². The van der Waals surface area contributed by atoms with Crippen LogP contribution in [-0.2, 0) is 13.1 Å². The van der Waals surface area contributed by atoms with E-state index in [1.54, 1.807) is 38.4 Å². The van der Waals surface area contributed by atoms with Crippen molar-refractivity contribution >= 4 is 17.6 Å². The van der Waals surface area contributed by atoms with Gasteiger partial charge in [-0.15, -0.1) is 0 Å². The smallest absolute Gasteiger partial charge is 0.317 e. The molecule has 0 radical (unpaired) electrons. The van der Waals surface area contributed by atoms with Crippen LogP contribution in [0.5, 0.6) is 11.5 Å². The fourth-order valence-corrected chi connectivity index (χ4v) is 2.49. The van der Waals surface area contributed by atoms with E-state index in [0.717, 1.165) is 5.56 Å². The maximum atomic E-state index is 13.7. The van der Waals surface area contributed by atoms with Crippen LogP contribution >= 0.6 is 11.6 Å². The van der Waals surface area contributed by atoms with Crippen LogP contribution in [0.2, 0.25) is 5.02 Å². The van der Waals surface area contributed by atoms with E-state index in [9.17, 15) is 9.18 Å². The molecule has 0 aliphatic carbocycles. The van der Waals surface area contributed by atoms with Crippen LogP contribution in [0, 0.1) is 5.82 Å². The van der Waals surface area contributed by atoms with E-state index in [1.165, 1.54) is 24.1 Å². The Morgan fingerprint density at radius 1 is 1.16 bits per heavy atom. The van der Waals surface area contributed by atoms with Gasteiger partial charge in [0.05, 0.1) is 14.2 Å². The van der Waals surface area contributed by atoms with Gasteiger partial charge in [0.25, 0.3) is 0 Å². The molecule has 2 rings (SSSR count). The van der Waals surface area contributed by atoms with E-state index in [-0.39, 0.29) is 18.3 Å². The van der Waals surface area contributed by atoms with Gasteiger partial charge < -0.3 is 19.7 Å². The lowest BCUT2D eigenvalue weighted by atomic mass is 10.2. The molecule has 134 valence electrons. The summed E-state index contributed by atoms with van der Waals surface area (Å²) < 4.78 is 23.8. The number of hydrogen-bond acceptors (Lipinski definition) is 3. The van der Waals surface area contributed by atoms with Gasteiger partial charge in [-0.2, -0.15) is 0 Å². The van der Waals surface area contributed by atoms with E-state index in [0.29, 0.717) is 22.9 Å². The number of hydrogen-bond donors (Lipinski definition) is 1. The van der Waals surface area contributed by atoms with Crippen LogP contribution in [0.1, 0.15) is 11.1 Å². The molecule has 0 bridgehead atoms. The number of halogens is 2. The predicted octanol–water partition coefficient (Wildman–Crippen LogP) is 3.84. The van der Waals surface area contributed by atoms with Gasteiger partial charge in [-0.3, -0.25) is 0 Å². The molecule has 1 N–H and O–H groups in total. The quantitative estimate of drug-likeness (QED) is 0.845. The molecule has 2 amide bonds. The second-order valence-electron chi connectivity index (χ2n) is 5.44. The van der Waals surface area contributed by atoms with Crippen molar-refractivity contribution in [1.29, 1.82) is 0 Å². The van der Waals surface area contributed by atoms with Gasteiger partial charge in [0.1, 0.15) is 5.75 Å². The number of ether oxygens (including phenoxy) is 2. The van der Waals surface area contributed by atoms with Crippen LogP contribution in [0.25, 0.3) is 0 Å². The molecule has 0 fully saturated rings. The molecule has 0 saturated carbocycles. The normalized spacial score (nSPS) is 10.3. The zero-order valence-corrected chi connectivity index (χ0v) is 15.1. The number of benzene rings is 2. The third-order valence-electron chi connectivity index (χ3n) is 3.66.